The van der Waals surface area contributed by atoms with E-state index in [1.807, 2.05) is 0 Å². The molecule has 17 heteroatoms. The number of rotatable bonds is 19. The SMILES string of the molecule is CC(=O)N[C@@H](CCCCN)C(=O)N[C@@H](C)C(=O)N1CCC[C@H]1C(=O)N[C@H](C(=O)N[C@H](C(=O)N[C@@H](C)C(=O)NCC(N)=O)C(C)C)C(C)C. The van der Waals surface area contributed by atoms with E-state index in [0.717, 1.165) is 0 Å². The van der Waals surface area contributed by atoms with E-state index in [1.165, 1.54) is 25.7 Å². The summed E-state index contributed by atoms with van der Waals surface area (Å²) in [6.45, 7) is 11.4. The van der Waals surface area contributed by atoms with E-state index in [-0.39, 0.29) is 12.5 Å². The van der Waals surface area contributed by atoms with E-state index in [4.69, 9.17) is 11.5 Å². The molecule has 0 aliphatic carbocycles. The van der Waals surface area contributed by atoms with Gasteiger partial charge in [-0.3, -0.25) is 38.4 Å². The van der Waals surface area contributed by atoms with Crippen LogP contribution >= 0.6 is 0 Å². The van der Waals surface area contributed by atoms with Crippen LogP contribution in [0.25, 0.3) is 0 Å². The first kappa shape index (κ1) is 41.7. The van der Waals surface area contributed by atoms with Gasteiger partial charge in [0.15, 0.2) is 0 Å². The van der Waals surface area contributed by atoms with Gasteiger partial charge in [-0.25, -0.2) is 0 Å². The largest absolute Gasteiger partial charge is 0.368 e. The minimum atomic E-state index is -1.07. The lowest BCUT2D eigenvalue weighted by atomic mass is 9.99. The van der Waals surface area contributed by atoms with Gasteiger partial charge >= 0.3 is 0 Å². The quantitative estimate of drug-likeness (QED) is 0.0669. The van der Waals surface area contributed by atoms with Crippen molar-refractivity contribution in [2.45, 2.75) is 117 Å². The predicted molar refractivity (Wildman–Crippen MR) is 176 cm³/mol. The first-order valence-electron chi connectivity index (χ1n) is 16.5. The Hall–Kier alpha value is -4.28. The van der Waals surface area contributed by atoms with E-state index >= 15 is 0 Å². The summed E-state index contributed by atoms with van der Waals surface area (Å²) in [5, 5.41) is 15.4. The Balaban J connectivity index is 2.95. The zero-order chi connectivity index (χ0) is 36.7. The molecule has 1 fully saturated rings. The van der Waals surface area contributed by atoms with Gasteiger partial charge in [0.1, 0.15) is 36.3 Å². The van der Waals surface area contributed by atoms with Crippen LogP contribution in [-0.2, 0) is 38.4 Å². The maximum absolute atomic E-state index is 13.5. The van der Waals surface area contributed by atoms with Gasteiger partial charge in [-0.15, -0.1) is 0 Å². The van der Waals surface area contributed by atoms with Crippen LogP contribution < -0.4 is 43.4 Å². The molecule has 272 valence electrons. The fourth-order valence-corrected chi connectivity index (χ4v) is 5.19. The van der Waals surface area contributed by atoms with Crippen molar-refractivity contribution in [1.29, 1.82) is 0 Å². The third kappa shape index (κ3) is 13.4. The summed E-state index contributed by atoms with van der Waals surface area (Å²) in [5.41, 5.74) is 10.6. The number of unbranched alkanes of at least 4 members (excludes halogenated alkanes) is 1. The number of nitrogens with one attached hydrogen (secondary N) is 6. The van der Waals surface area contributed by atoms with Crippen molar-refractivity contribution < 1.29 is 38.4 Å². The Morgan fingerprint density at radius 2 is 1.29 bits per heavy atom. The van der Waals surface area contributed by atoms with Gasteiger partial charge in [-0.2, -0.15) is 0 Å². The van der Waals surface area contributed by atoms with Gasteiger partial charge in [-0.05, 0) is 64.3 Å². The summed E-state index contributed by atoms with van der Waals surface area (Å²) in [6.07, 6.45) is 2.48. The predicted octanol–water partition coefficient (Wildman–Crippen LogP) is -2.50. The van der Waals surface area contributed by atoms with Crippen LogP contribution in [0.2, 0.25) is 0 Å². The van der Waals surface area contributed by atoms with Crippen molar-refractivity contribution in [3.8, 4) is 0 Å². The average molecular weight is 682 g/mol. The molecule has 0 spiro atoms. The minimum absolute atomic E-state index is 0.266. The molecular formula is C31H55N9O8. The van der Waals surface area contributed by atoms with Crippen LogP contribution in [0, 0.1) is 11.8 Å². The third-order valence-electron chi connectivity index (χ3n) is 7.89. The van der Waals surface area contributed by atoms with E-state index in [0.29, 0.717) is 38.6 Å². The normalized spacial score (nSPS) is 17.4. The molecular weight excluding hydrogens is 626 g/mol. The Bertz CT molecular complexity index is 1180. The van der Waals surface area contributed by atoms with Gasteiger partial charge in [0, 0.05) is 13.5 Å². The van der Waals surface area contributed by atoms with Crippen LogP contribution in [-0.4, -0.2) is 108 Å². The average Bonchev–Trinajstić information content (AvgIpc) is 3.49. The second-order valence-electron chi connectivity index (χ2n) is 12.8. The van der Waals surface area contributed by atoms with Crippen molar-refractivity contribution in [3.63, 3.8) is 0 Å². The van der Waals surface area contributed by atoms with Crippen LogP contribution in [0.4, 0.5) is 0 Å². The van der Waals surface area contributed by atoms with Gasteiger partial charge in [-0.1, -0.05) is 27.7 Å². The number of carbonyl (C=O) groups is 8. The Kier molecular flexibility index (Phi) is 17.5. The number of amides is 8. The van der Waals surface area contributed by atoms with Crippen molar-refractivity contribution in [1.82, 2.24) is 36.8 Å². The first-order chi connectivity index (χ1) is 22.4. The van der Waals surface area contributed by atoms with Crippen molar-refractivity contribution in [2.75, 3.05) is 19.6 Å². The monoisotopic (exact) mass is 681 g/mol. The smallest absolute Gasteiger partial charge is 0.245 e. The molecule has 0 saturated carbocycles. The molecule has 1 heterocycles. The highest BCUT2D eigenvalue weighted by Gasteiger charge is 2.39. The number of likely N-dealkylation sites (tertiary alicyclic amines) is 1. The number of nitrogens with two attached hydrogens (primary N) is 2. The summed E-state index contributed by atoms with van der Waals surface area (Å²) in [4.78, 5) is 102. The molecule has 0 aromatic carbocycles. The van der Waals surface area contributed by atoms with E-state index < -0.39 is 96.0 Å². The Labute approximate surface area is 282 Å². The maximum Gasteiger partial charge on any atom is 0.245 e. The fourth-order valence-electron chi connectivity index (χ4n) is 5.19. The van der Waals surface area contributed by atoms with Crippen molar-refractivity contribution in [2.24, 2.45) is 23.3 Å². The van der Waals surface area contributed by atoms with Crippen LogP contribution in [0.15, 0.2) is 0 Å². The number of primary amides is 1. The summed E-state index contributed by atoms with van der Waals surface area (Å²) < 4.78 is 0. The molecule has 0 radical (unpaired) electrons. The summed E-state index contributed by atoms with van der Waals surface area (Å²) in [6, 6.07) is -5.89. The lowest BCUT2D eigenvalue weighted by molar-refractivity contribution is -0.142. The molecule has 8 amide bonds. The highest BCUT2D eigenvalue weighted by molar-refractivity contribution is 5.97. The lowest BCUT2D eigenvalue weighted by Gasteiger charge is -2.31. The second kappa shape index (κ2) is 20.2. The molecule has 0 bridgehead atoms. The van der Waals surface area contributed by atoms with Gasteiger partial charge in [0.05, 0.1) is 6.54 Å². The zero-order valence-electron chi connectivity index (χ0n) is 29.1. The van der Waals surface area contributed by atoms with Gasteiger partial charge in [0.2, 0.25) is 47.3 Å². The van der Waals surface area contributed by atoms with Gasteiger partial charge < -0.3 is 48.3 Å². The Morgan fingerprint density at radius 3 is 1.83 bits per heavy atom. The summed E-state index contributed by atoms with van der Waals surface area (Å²) in [7, 11) is 0. The summed E-state index contributed by atoms with van der Waals surface area (Å²) >= 11 is 0. The number of nitrogens with zero attached hydrogens (tertiary/aromatic N) is 1. The molecule has 1 aliphatic heterocycles. The number of hydrogen-bond acceptors (Lipinski definition) is 9. The third-order valence-corrected chi connectivity index (χ3v) is 7.89. The topological polar surface area (TPSA) is 264 Å². The van der Waals surface area contributed by atoms with Crippen molar-refractivity contribution in [3.05, 3.63) is 0 Å². The maximum atomic E-state index is 13.5. The van der Waals surface area contributed by atoms with Crippen LogP contribution in [0.5, 0.6) is 0 Å². The van der Waals surface area contributed by atoms with Gasteiger partial charge in [0.25, 0.3) is 0 Å². The highest BCUT2D eigenvalue weighted by Crippen LogP contribution is 2.20. The fraction of sp³-hybridized carbons (Fsp3) is 0.742. The molecule has 0 unspecified atom stereocenters. The van der Waals surface area contributed by atoms with Crippen molar-refractivity contribution >= 4 is 47.3 Å². The Morgan fingerprint density at radius 1 is 0.729 bits per heavy atom. The molecule has 1 rings (SSSR count). The highest BCUT2D eigenvalue weighted by atomic mass is 16.2. The van der Waals surface area contributed by atoms with Crippen LogP contribution in [0.3, 0.4) is 0 Å². The van der Waals surface area contributed by atoms with E-state index in [9.17, 15) is 38.4 Å². The zero-order valence-corrected chi connectivity index (χ0v) is 29.1. The van der Waals surface area contributed by atoms with Crippen LogP contribution in [0.1, 0.15) is 80.6 Å². The molecule has 17 nitrogen and oxygen atoms in total. The second-order valence-corrected chi connectivity index (χ2v) is 12.8. The number of carbonyl (C=O) groups excluding carboxylic acids is 8. The number of hydrogen-bond donors (Lipinski definition) is 8. The molecule has 6 atom stereocenters. The van der Waals surface area contributed by atoms with E-state index in [2.05, 4.69) is 31.9 Å². The molecule has 0 aromatic heterocycles. The summed E-state index contributed by atoms with van der Waals surface area (Å²) in [5.74, 6) is -5.42. The lowest BCUT2D eigenvalue weighted by Crippen LogP contribution is -2.60. The molecule has 1 saturated heterocycles. The standard InChI is InChI=1S/C31H55N9O8/c1-16(2)24(29(46)35-18(5)26(43)34-15-23(33)42)39-30(47)25(17(3)4)38-28(45)22-12-10-14-40(22)31(48)19(6)36-27(44)21(37-20(7)41)11-8-9-13-32/h16-19,21-22,24-25H,8-15,32H2,1-7H3,(H2,33,42)(H,34,43)(H,35,46)(H,36,44)(H,37,41)(H,38,45)(H,39,47)/t18-,19-,21-,22-,24-,25-/m0/s1. The molecule has 10 N–H and O–H groups in total. The molecule has 48 heavy (non-hydrogen) atoms. The first-order valence-corrected chi connectivity index (χ1v) is 16.5. The molecule has 0 aromatic rings. The molecule has 1 aliphatic rings. The minimum Gasteiger partial charge on any atom is -0.368 e. The van der Waals surface area contributed by atoms with E-state index in [1.54, 1.807) is 27.7 Å².